The molecule has 0 atom stereocenters. The molecule has 0 saturated carbocycles. The molecule has 0 bridgehead atoms. The van der Waals surface area contributed by atoms with Gasteiger partial charge in [0.25, 0.3) is 0 Å². The van der Waals surface area contributed by atoms with E-state index in [0.29, 0.717) is 13.0 Å². The number of aromatic nitrogens is 2. The Labute approximate surface area is 148 Å². The number of carbonyl (C=O) groups is 1. The first-order valence-corrected chi connectivity index (χ1v) is 8.97. The van der Waals surface area contributed by atoms with E-state index in [9.17, 15) is 4.79 Å². The maximum Gasteiger partial charge on any atom is 0.305 e. The summed E-state index contributed by atoms with van der Waals surface area (Å²) in [6, 6.07) is 18.6. The zero-order chi connectivity index (χ0) is 17.5. The van der Waals surface area contributed by atoms with E-state index >= 15 is 0 Å². The van der Waals surface area contributed by atoms with Gasteiger partial charge in [0.1, 0.15) is 5.82 Å². The lowest BCUT2D eigenvalue weighted by Gasteiger charge is -2.09. The van der Waals surface area contributed by atoms with E-state index in [1.54, 1.807) is 0 Å². The number of benzene rings is 2. The molecule has 2 aromatic carbocycles. The molecule has 0 aliphatic heterocycles. The summed E-state index contributed by atoms with van der Waals surface area (Å²) in [6.07, 6.45) is 4.27. The number of rotatable bonds is 8. The molecule has 4 heteroatoms. The molecule has 3 rings (SSSR count). The van der Waals surface area contributed by atoms with Crippen molar-refractivity contribution in [2.45, 2.75) is 39.0 Å². The number of esters is 1. The fourth-order valence-corrected chi connectivity index (χ4v) is 3.07. The van der Waals surface area contributed by atoms with Crippen molar-refractivity contribution in [3.05, 3.63) is 60.4 Å². The molecule has 0 saturated heterocycles. The minimum Gasteiger partial charge on any atom is -0.466 e. The fourth-order valence-electron chi connectivity index (χ4n) is 3.07. The number of hydrogen-bond donors (Lipinski definition) is 0. The molecule has 0 amide bonds. The quantitative estimate of drug-likeness (QED) is 0.443. The molecule has 3 aromatic rings. The van der Waals surface area contributed by atoms with Crippen LogP contribution in [0.3, 0.4) is 0 Å². The van der Waals surface area contributed by atoms with Gasteiger partial charge in [-0.15, -0.1) is 0 Å². The molecule has 0 fully saturated rings. The van der Waals surface area contributed by atoms with Gasteiger partial charge in [-0.25, -0.2) is 4.98 Å². The Bertz CT molecular complexity index is 824. The number of hydrogen-bond acceptors (Lipinski definition) is 3. The van der Waals surface area contributed by atoms with Crippen LogP contribution in [0.1, 0.15) is 38.4 Å². The zero-order valence-electron chi connectivity index (χ0n) is 14.6. The topological polar surface area (TPSA) is 44.1 Å². The van der Waals surface area contributed by atoms with Gasteiger partial charge in [-0.05, 0) is 44.0 Å². The number of para-hydroxylation sites is 3. The van der Waals surface area contributed by atoms with Gasteiger partial charge >= 0.3 is 5.97 Å². The smallest absolute Gasteiger partial charge is 0.305 e. The maximum absolute atomic E-state index is 11.4. The molecular formula is C21H24N2O2. The van der Waals surface area contributed by atoms with Gasteiger partial charge in [-0.1, -0.05) is 36.8 Å². The second-order valence-corrected chi connectivity index (χ2v) is 6.05. The highest BCUT2D eigenvalue weighted by Gasteiger charge is 2.11. The molecule has 1 aromatic heterocycles. The summed E-state index contributed by atoms with van der Waals surface area (Å²) in [7, 11) is 0. The standard InChI is InChI=1S/C21H24N2O2/c1-2-25-21(24)16-8-4-7-15-20-22-18-13-9-10-14-19(18)23(20)17-11-5-3-6-12-17/h3,5-6,9-14H,2,4,7-8,15-16H2,1H3. The molecule has 0 aliphatic carbocycles. The van der Waals surface area contributed by atoms with Crippen LogP contribution in [0, 0.1) is 0 Å². The third kappa shape index (κ3) is 4.27. The van der Waals surface area contributed by atoms with Crippen LogP contribution in [-0.2, 0) is 16.0 Å². The summed E-state index contributed by atoms with van der Waals surface area (Å²) in [5.41, 5.74) is 3.29. The average molecular weight is 336 g/mol. The van der Waals surface area contributed by atoms with Gasteiger partial charge in [0.2, 0.25) is 0 Å². The lowest BCUT2D eigenvalue weighted by molar-refractivity contribution is -0.143. The van der Waals surface area contributed by atoms with Crippen molar-refractivity contribution in [3.63, 3.8) is 0 Å². The normalized spacial score (nSPS) is 10.9. The van der Waals surface area contributed by atoms with Gasteiger partial charge in [0.05, 0.1) is 17.6 Å². The number of imidazole rings is 1. The molecule has 1 heterocycles. The Morgan fingerprint density at radius 3 is 2.56 bits per heavy atom. The molecule has 0 unspecified atom stereocenters. The lowest BCUT2D eigenvalue weighted by Crippen LogP contribution is -2.04. The SMILES string of the molecule is CCOC(=O)CCCCCc1nc2ccccc2n1-c1ccccc1. The highest BCUT2D eigenvalue weighted by molar-refractivity contribution is 5.78. The Hall–Kier alpha value is -2.62. The molecule has 0 N–H and O–H groups in total. The van der Waals surface area contributed by atoms with E-state index in [4.69, 9.17) is 9.72 Å². The highest BCUT2D eigenvalue weighted by atomic mass is 16.5. The first kappa shape index (κ1) is 17.2. The monoisotopic (exact) mass is 336 g/mol. The van der Waals surface area contributed by atoms with E-state index < -0.39 is 0 Å². The summed E-state index contributed by atoms with van der Waals surface area (Å²) in [6.45, 7) is 2.30. The number of unbranched alkanes of at least 4 members (excludes halogenated alkanes) is 2. The summed E-state index contributed by atoms with van der Waals surface area (Å²) >= 11 is 0. The van der Waals surface area contributed by atoms with E-state index in [1.807, 2.05) is 37.3 Å². The van der Waals surface area contributed by atoms with Crippen molar-refractivity contribution in [1.82, 2.24) is 9.55 Å². The largest absolute Gasteiger partial charge is 0.466 e. The first-order valence-electron chi connectivity index (χ1n) is 8.97. The number of nitrogens with zero attached hydrogens (tertiary/aromatic N) is 2. The Kier molecular flexibility index (Phi) is 5.83. The van der Waals surface area contributed by atoms with Crippen molar-refractivity contribution >= 4 is 17.0 Å². The molecular weight excluding hydrogens is 312 g/mol. The Morgan fingerprint density at radius 2 is 1.76 bits per heavy atom. The molecule has 0 radical (unpaired) electrons. The summed E-state index contributed by atoms with van der Waals surface area (Å²) < 4.78 is 7.20. The lowest BCUT2D eigenvalue weighted by atomic mass is 10.1. The van der Waals surface area contributed by atoms with E-state index in [0.717, 1.165) is 48.2 Å². The summed E-state index contributed by atoms with van der Waals surface area (Å²) in [5.74, 6) is 0.975. The first-order chi connectivity index (χ1) is 12.3. The van der Waals surface area contributed by atoms with E-state index in [2.05, 4.69) is 28.8 Å². The van der Waals surface area contributed by atoms with Crippen LogP contribution in [0.2, 0.25) is 0 Å². The predicted molar refractivity (Wildman–Crippen MR) is 99.9 cm³/mol. The van der Waals surface area contributed by atoms with Crippen molar-refractivity contribution in [3.8, 4) is 5.69 Å². The molecule has 4 nitrogen and oxygen atoms in total. The van der Waals surface area contributed by atoms with E-state index in [-0.39, 0.29) is 5.97 Å². The zero-order valence-corrected chi connectivity index (χ0v) is 14.6. The van der Waals surface area contributed by atoms with Crippen LogP contribution in [0.5, 0.6) is 0 Å². The van der Waals surface area contributed by atoms with Gasteiger partial charge in [-0.2, -0.15) is 0 Å². The van der Waals surface area contributed by atoms with Crippen LogP contribution in [0.15, 0.2) is 54.6 Å². The molecule has 25 heavy (non-hydrogen) atoms. The van der Waals surface area contributed by atoms with Crippen LogP contribution in [0.25, 0.3) is 16.7 Å². The maximum atomic E-state index is 11.4. The summed E-state index contributed by atoms with van der Waals surface area (Å²) in [4.78, 5) is 16.2. The van der Waals surface area contributed by atoms with Crippen molar-refractivity contribution in [2.24, 2.45) is 0 Å². The Morgan fingerprint density at radius 1 is 1.00 bits per heavy atom. The van der Waals surface area contributed by atoms with Gasteiger partial charge in [0.15, 0.2) is 0 Å². The summed E-state index contributed by atoms with van der Waals surface area (Å²) in [5, 5.41) is 0. The van der Waals surface area contributed by atoms with Crippen LogP contribution in [0.4, 0.5) is 0 Å². The number of aryl methyl sites for hydroxylation is 1. The number of carbonyl (C=O) groups excluding carboxylic acids is 1. The van der Waals surface area contributed by atoms with Gasteiger partial charge < -0.3 is 4.74 Å². The van der Waals surface area contributed by atoms with Crippen LogP contribution in [-0.4, -0.2) is 22.1 Å². The van der Waals surface area contributed by atoms with Crippen LogP contribution < -0.4 is 0 Å². The van der Waals surface area contributed by atoms with E-state index in [1.165, 1.54) is 0 Å². The number of ether oxygens (including phenoxy) is 1. The fraction of sp³-hybridized carbons (Fsp3) is 0.333. The van der Waals surface area contributed by atoms with Crippen molar-refractivity contribution in [2.75, 3.05) is 6.61 Å². The minimum atomic E-state index is -0.0981. The minimum absolute atomic E-state index is 0.0981. The van der Waals surface area contributed by atoms with Crippen molar-refractivity contribution < 1.29 is 9.53 Å². The molecule has 0 aliphatic rings. The highest BCUT2D eigenvalue weighted by Crippen LogP contribution is 2.22. The second-order valence-electron chi connectivity index (χ2n) is 6.05. The third-order valence-corrected chi connectivity index (χ3v) is 4.23. The van der Waals surface area contributed by atoms with Crippen LogP contribution >= 0.6 is 0 Å². The Balaban J connectivity index is 1.70. The average Bonchev–Trinajstić information content (AvgIpc) is 3.00. The van der Waals surface area contributed by atoms with Gasteiger partial charge in [-0.3, -0.25) is 9.36 Å². The number of fused-ring (bicyclic) bond motifs is 1. The van der Waals surface area contributed by atoms with Gasteiger partial charge in [0, 0.05) is 18.5 Å². The molecule has 130 valence electrons. The third-order valence-electron chi connectivity index (χ3n) is 4.23. The predicted octanol–water partition coefficient (Wildman–Crippen LogP) is 4.69. The van der Waals surface area contributed by atoms with Crippen molar-refractivity contribution in [1.29, 1.82) is 0 Å². The molecule has 0 spiro atoms. The second kappa shape index (κ2) is 8.47.